The number of hydrogen-bond donors (Lipinski definition) is 0. The van der Waals surface area contributed by atoms with Gasteiger partial charge in [-0.3, -0.25) is 4.98 Å². The molecular weight excluding hydrogens is 827 g/mol. The van der Waals surface area contributed by atoms with Gasteiger partial charge in [-0.05, 0) is 77.5 Å². The van der Waals surface area contributed by atoms with E-state index in [9.17, 15) is 0 Å². The van der Waals surface area contributed by atoms with Gasteiger partial charge in [-0.1, -0.05) is 77.9 Å². The summed E-state index contributed by atoms with van der Waals surface area (Å²) in [6.07, 6.45) is 7.13. The molecule has 0 fully saturated rings. The Morgan fingerprint density at radius 1 is 0.453 bits per heavy atom. The minimum Gasteiger partial charge on any atom is -0.305 e. The van der Waals surface area contributed by atoms with E-state index >= 15 is 0 Å². The Bertz CT molecular complexity index is 2610. The van der Waals surface area contributed by atoms with Crippen LogP contribution < -0.4 is 0 Å². The molecule has 0 atom stereocenters. The van der Waals surface area contributed by atoms with Crippen LogP contribution in [0.3, 0.4) is 0 Å². The summed E-state index contributed by atoms with van der Waals surface area (Å²) in [5.74, 6) is 0. The maximum atomic E-state index is 4.83. The van der Waals surface area contributed by atoms with Gasteiger partial charge < -0.3 is 9.97 Å². The first-order chi connectivity index (χ1) is 25.6. The van der Waals surface area contributed by atoms with Crippen LogP contribution in [0.4, 0.5) is 0 Å². The maximum Gasteiger partial charge on any atom is 0.116 e. The van der Waals surface area contributed by atoms with Gasteiger partial charge in [-0.15, -0.1) is 65.7 Å². The third-order valence-electron chi connectivity index (χ3n) is 9.08. The van der Waals surface area contributed by atoms with E-state index in [1.54, 1.807) is 12.5 Å². The second-order valence-electron chi connectivity index (χ2n) is 12.5. The van der Waals surface area contributed by atoms with E-state index in [4.69, 9.17) is 15.0 Å². The first kappa shape index (κ1) is 35.2. The van der Waals surface area contributed by atoms with Gasteiger partial charge in [-0.25, -0.2) is 9.97 Å². The SMILES string of the molecule is Cc1ccnc(-c2[c-]ccc(-c3ncnc(-c4cc5ncccc5c5ccc(-c6ccccc6)cc45)c3C)c2)c1.[Ir].[c-]1ccccc1-c1ccccn1. The molecule has 0 amide bonds. The van der Waals surface area contributed by atoms with Crippen molar-refractivity contribution in [3.8, 4) is 56.2 Å². The van der Waals surface area contributed by atoms with Crippen molar-refractivity contribution in [2.75, 3.05) is 0 Å². The normalized spacial score (nSPS) is 10.7. The molecule has 5 nitrogen and oxygen atoms in total. The van der Waals surface area contributed by atoms with Gasteiger partial charge >= 0.3 is 0 Å². The molecule has 4 heterocycles. The summed E-state index contributed by atoms with van der Waals surface area (Å²) in [6, 6.07) is 53.8. The van der Waals surface area contributed by atoms with Gasteiger partial charge in [0.1, 0.15) is 6.33 Å². The van der Waals surface area contributed by atoms with Crippen LogP contribution in [0.2, 0.25) is 0 Å². The largest absolute Gasteiger partial charge is 0.305 e. The molecule has 257 valence electrons. The zero-order valence-electron chi connectivity index (χ0n) is 29.2. The molecular formula is C47H33IrN5-2. The van der Waals surface area contributed by atoms with E-state index in [2.05, 4.69) is 103 Å². The molecule has 0 aliphatic heterocycles. The number of fused-ring (bicyclic) bond motifs is 3. The van der Waals surface area contributed by atoms with E-state index in [1.807, 2.05) is 85.2 Å². The Kier molecular flexibility index (Phi) is 10.6. The van der Waals surface area contributed by atoms with Crippen LogP contribution in [0.5, 0.6) is 0 Å². The van der Waals surface area contributed by atoms with Crippen LogP contribution in [-0.2, 0) is 20.1 Å². The molecule has 0 saturated heterocycles. The average molecular weight is 860 g/mol. The van der Waals surface area contributed by atoms with Crippen LogP contribution in [-0.4, -0.2) is 24.9 Å². The molecule has 0 N–H and O–H groups in total. The number of aromatic nitrogens is 5. The maximum absolute atomic E-state index is 4.83. The third-order valence-corrected chi connectivity index (χ3v) is 9.08. The number of pyridine rings is 3. The molecule has 53 heavy (non-hydrogen) atoms. The quantitative estimate of drug-likeness (QED) is 0.127. The molecule has 5 aromatic carbocycles. The Morgan fingerprint density at radius 3 is 2.06 bits per heavy atom. The van der Waals surface area contributed by atoms with Crippen molar-refractivity contribution >= 4 is 21.7 Å². The van der Waals surface area contributed by atoms with Gasteiger partial charge in [0.05, 0.1) is 16.9 Å². The number of benzene rings is 5. The van der Waals surface area contributed by atoms with Crippen LogP contribution in [0.1, 0.15) is 11.1 Å². The predicted octanol–water partition coefficient (Wildman–Crippen LogP) is 11.2. The van der Waals surface area contributed by atoms with E-state index in [1.165, 1.54) is 11.1 Å². The van der Waals surface area contributed by atoms with Gasteiger partial charge in [0.25, 0.3) is 0 Å². The zero-order chi connectivity index (χ0) is 35.3. The summed E-state index contributed by atoms with van der Waals surface area (Å²) in [7, 11) is 0. The van der Waals surface area contributed by atoms with Crippen molar-refractivity contribution in [3.05, 3.63) is 188 Å². The molecule has 4 aromatic heterocycles. The second-order valence-corrected chi connectivity index (χ2v) is 12.5. The topological polar surface area (TPSA) is 64.5 Å². The number of hydrogen-bond acceptors (Lipinski definition) is 5. The Hall–Kier alpha value is -6.20. The summed E-state index contributed by atoms with van der Waals surface area (Å²) in [6.45, 7) is 4.17. The van der Waals surface area contributed by atoms with Crippen molar-refractivity contribution in [1.29, 1.82) is 0 Å². The van der Waals surface area contributed by atoms with E-state index < -0.39 is 0 Å². The van der Waals surface area contributed by atoms with Gasteiger partial charge in [-0.2, -0.15) is 0 Å². The number of rotatable bonds is 5. The van der Waals surface area contributed by atoms with Crippen LogP contribution in [0.25, 0.3) is 77.8 Å². The second kappa shape index (κ2) is 16.0. The van der Waals surface area contributed by atoms with E-state index in [0.717, 1.165) is 77.8 Å². The zero-order valence-corrected chi connectivity index (χ0v) is 31.6. The first-order valence-electron chi connectivity index (χ1n) is 17.1. The summed E-state index contributed by atoms with van der Waals surface area (Å²) < 4.78 is 0. The van der Waals surface area contributed by atoms with Crippen LogP contribution in [0.15, 0.2) is 164 Å². The summed E-state index contributed by atoms with van der Waals surface area (Å²) in [5.41, 5.74) is 13.2. The Morgan fingerprint density at radius 2 is 1.25 bits per heavy atom. The summed E-state index contributed by atoms with van der Waals surface area (Å²) >= 11 is 0. The van der Waals surface area contributed by atoms with Crippen molar-refractivity contribution in [1.82, 2.24) is 24.9 Å². The van der Waals surface area contributed by atoms with Gasteiger partial charge in [0.15, 0.2) is 0 Å². The number of nitrogens with zero attached hydrogens (tertiary/aromatic N) is 5. The smallest absolute Gasteiger partial charge is 0.116 e. The monoisotopic (exact) mass is 860 g/mol. The average Bonchev–Trinajstić information content (AvgIpc) is 3.22. The molecule has 0 bridgehead atoms. The molecule has 9 aromatic rings. The fourth-order valence-corrected chi connectivity index (χ4v) is 6.52. The standard InChI is InChI=1S/C36H25N4.C11H8N.Ir/c1-23-15-17-38-33(18-23)27-10-6-11-28(19-27)35-24(2)36(40-22-39-35)32-21-34-30(12-7-16-37-34)29-14-13-26(20-31(29)32)25-8-4-3-5-9-25;1-2-6-10(7-3-1)11-8-4-5-9-12-11;/h3-9,11-22H,1-2H3;1-6,8-9H;/q2*-1;. The number of aryl methyl sites for hydroxylation is 1. The first-order valence-corrected chi connectivity index (χ1v) is 17.1. The molecule has 0 saturated carbocycles. The molecule has 0 spiro atoms. The Labute approximate surface area is 322 Å². The van der Waals surface area contributed by atoms with Crippen LogP contribution >= 0.6 is 0 Å². The predicted molar refractivity (Wildman–Crippen MR) is 211 cm³/mol. The molecule has 9 rings (SSSR count). The van der Waals surface area contributed by atoms with Gasteiger partial charge in [0.2, 0.25) is 0 Å². The molecule has 1 radical (unpaired) electrons. The summed E-state index contributed by atoms with van der Waals surface area (Å²) in [5, 5.41) is 3.42. The minimum atomic E-state index is 0. The fourth-order valence-electron chi connectivity index (χ4n) is 6.52. The molecule has 0 unspecified atom stereocenters. The van der Waals surface area contributed by atoms with Crippen molar-refractivity contribution < 1.29 is 20.1 Å². The van der Waals surface area contributed by atoms with Crippen LogP contribution in [0, 0.1) is 26.0 Å². The van der Waals surface area contributed by atoms with Crippen molar-refractivity contribution in [3.63, 3.8) is 0 Å². The van der Waals surface area contributed by atoms with E-state index in [0.29, 0.717) is 0 Å². The van der Waals surface area contributed by atoms with Crippen molar-refractivity contribution in [2.45, 2.75) is 13.8 Å². The van der Waals surface area contributed by atoms with Gasteiger partial charge in [0, 0.05) is 55.2 Å². The third kappa shape index (κ3) is 7.56. The van der Waals surface area contributed by atoms with E-state index in [-0.39, 0.29) is 20.1 Å². The Balaban J connectivity index is 0.000000284. The summed E-state index contributed by atoms with van der Waals surface area (Å²) in [4.78, 5) is 23.0. The molecule has 0 aliphatic rings. The fraction of sp³-hybridized carbons (Fsp3) is 0.0426. The molecule has 0 aliphatic carbocycles. The minimum absolute atomic E-state index is 0. The van der Waals surface area contributed by atoms with Crippen molar-refractivity contribution in [2.24, 2.45) is 0 Å². The molecule has 6 heteroatoms.